The summed E-state index contributed by atoms with van der Waals surface area (Å²) in [5.41, 5.74) is 1.53. The third-order valence-electron chi connectivity index (χ3n) is 3.74. The van der Waals surface area contributed by atoms with Gasteiger partial charge in [0.1, 0.15) is 0 Å². The Bertz CT molecular complexity index is 502. The van der Waals surface area contributed by atoms with E-state index in [-0.39, 0.29) is 23.8 Å². The second-order valence-corrected chi connectivity index (χ2v) is 5.48. The average molecular weight is 273 g/mol. The van der Waals surface area contributed by atoms with E-state index in [4.69, 9.17) is 0 Å². The average Bonchev–Trinajstić information content (AvgIpc) is 3.16. The maximum atomic E-state index is 11.9. The highest BCUT2D eigenvalue weighted by molar-refractivity contribution is 5.96. The van der Waals surface area contributed by atoms with E-state index in [9.17, 15) is 9.59 Å². The van der Waals surface area contributed by atoms with Gasteiger partial charge in [0.15, 0.2) is 0 Å². The van der Waals surface area contributed by atoms with Crippen LogP contribution in [0.3, 0.4) is 0 Å². The van der Waals surface area contributed by atoms with Crippen LogP contribution in [0, 0.1) is 5.92 Å². The van der Waals surface area contributed by atoms with Crippen LogP contribution in [0.1, 0.15) is 25.7 Å². The maximum absolute atomic E-state index is 11.9. The van der Waals surface area contributed by atoms with E-state index in [2.05, 4.69) is 16.0 Å². The van der Waals surface area contributed by atoms with E-state index in [0.717, 1.165) is 43.6 Å². The van der Waals surface area contributed by atoms with Gasteiger partial charge in [-0.25, -0.2) is 0 Å². The lowest BCUT2D eigenvalue weighted by atomic mass is 10.2. The topological polar surface area (TPSA) is 70.2 Å². The van der Waals surface area contributed by atoms with Gasteiger partial charge in [-0.3, -0.25) is 9.59 Å². The number of carbonyl (C=O) groups is 2. The molecule has 0 radical (unpaired) electrons. The van der Waals surface area contributed by atoms with E-state index in [1.807, 2.05) is 24.3 Å². The van der Waals surface area contributed by atoms with Gasteiger partial charge in [0, 0.05) is 17.3 Å². The molecule has 2 aliphatic rings. The highest BCUT2D eigenvalue weighted by Crippen LogP contribution is 2.30. The highest BCUT2D eigenvalue weighted by Gasteiger charge is 2.29. The van der Waals surface area contributed by atoms with Crippen molar-refractivity contribution in [1.82, 2.24) is 5.32 Å². The predicted molar refractivity (Wildman–Crippen MR) is 77.5 cm³/mol. The summed E-state index contributed by atoms with van der Waals surface area (Å²) in [5, 5.41) is 8.93. The fourth-order valence-electron chi connectivity index (χ4n) is 2.36. The molecule has 1 aliphatic carbocycles. The van der Waals surface area contributed by atoms with Gasteiger partial charge in [0.05, 0.1) is 6.04 Å². The molecule has 1 saturated heterocycles. The molecule has 1 heterocycles. The van der Waals surface area contributed by atoms with Crippen LogP contribution in [0.2, 0.25) is 0 Å². The molecular weight excluding hydrogens is 254 g/mol. The molecule has 2 amide bonds. The molecule has 1 aromatic rings. The van der Waals surface area contributed by atoms with Crippen molar-refractivity contribution in [2.45, 2.75) is 31.7 Å². The molecule has 5 nitrogen and oxygen atoms in total. The lowest BCUT2D eigenvalue weighted by Crippen LogP contribution is -2.35. The maximum Gasteiger partial charge on any atom is 0.241 e. The van der Waals surface area contributed by atoms with Gasteiger partial charge in [0.25, 0.3) is 0 Å². The summed E-state index contributed by atoms with van der Waals surface area (Å²) >= 11 is 0. The minimum atomic E-state index is -0.0794. The molecule has 106 valence electrons. The molecule has 0 bridgehead atoms. The van der Waals surface area contributed by atoms with Crippen molar-refractivity contribution in [2.75, 3.05) is 17.2 Å². The Hall–Kier alpha value is -1.88. The van der Waals surface area contributed by atoms with Crippen LogP contribution in [0.15, 0.2) is 24.3 Å². The number of carbonyl (C=O) groups excluding carboxylic acids is 2. The first-order valence-corrected chi connectivity index (χ1v) is 7.17. The monoisotopic (exact) mass is 273 g/mol. The van der Waals surface area contributed by atoms with Crippen molar-refractivity contribution in [1.29, 1.82) is 0 Å². The second kappa shape index (κ2) is 5.63. The minimum absolute atomic E-state index is 0.0114. The van der Waals surface area contributed by atoms with Gasteiger partial charge in [-0.05, 0) is 56.5 Å². The van der Waals surface area contributed by atoms with Crippen molar-refractivity contribution < 1.29 is 9.59 Å². The Kier molecular flexibility index (Phi) is 3.69. The molecule has 1 aliphatic heterocycles. The van der Waals surface area contributed by atoms with Crippen LogP contribution in [0.5, 0.6) is 0 Å². The summed E-state index contributed by atoms with van der Waals surface area (Å²) in [5.74, 6) is 0.303. The molecule has 3 N–H and O–H groups in total. The third-order valence-corrected chi connectivity index (χ3v) is 3.74. The Morgan fingerprint density at radius 3 is 2.05 bits per heavy atom. The number of hydrogen-bond acceptors (Lipinski definition) is 3. The molecule has 0 spiro atoms. The van der Waals surface area contributed by atoms with Gasteiger partial charge in [0.2, 0.25) is 11.8 Å². The summed E-state index contributed by atoms with van der Waals surface area (Å²) in [6.45, 7) is 0.907. The number of amides is 2. The standard InChI is InChI=1S/C15H19N3O2/c19-14(10-3-4-10)17-11-5-7-12(8-6-11)18-15(20)13-2-1-9-16-13/h5-8,10,13,16H,1-4,9H2,(H,17,19)(H,18,20)/t13-/m0/s1. The second-order valence-electron chi connectivity index (χ2n) is 5.48. The molecule has 1 atom stereocenters. The Labute approximate surface area is 118 Å². The molecule has 0 unspecified atom stereocenters. The van der Waals surface area contributed by atoms with E-state index < -0.39 is 0 Å². The van der Waals surface area contributed by atoms with Crippen LogP contribution in [0.25, 0.3) is 0 Å². The van der Waals surface area contributed by atoms with E-state index in [1.165, 1.54) is 0 Å². The zero-order chi connectivity index (χ0) is 13.9. The quantitative estimate of drug-likeness (QED) is 0.782. The van der Waals surface area contributed by atoms with Crippen LogP contribution in [0.4, 0.5) is 11.4 Å². The van der Waals surface area contributed by atoms with Crippen molar-refractivity contribution in [3.63, 3.8) is 0 Å². The number of nitrogens with one attached hydrogen (secondary N) is 3. The number of anilines is 2. The SMILES string of the molecule is O=C(Nc1ccc(NC(=O)[C@@H]2CCCN2)cc1)C1CC1. The Balaban J connectivity index is 1.55. The van der Waals surface area contributed by atoms with Crippen LogP contribution in [-0.2, 0) is 9.59 Å². The highest BCUT2D eigenvalue weighted by atomic mass is 16.2. The van der Waals surface area contributed by atoms with Crippen molar-refractivity contribution in [2.24, 2.45) is 5.92 Å². The fourth-order valence-corrected chi connectivity index (χ4v) is 2.36. The molecule has 0 aromatic heterocycles. The zero-order valence-corrected chi connectivity index (χ0v) is 11.3. The van der Waals surface area contributed by atoms with E-state index in [1.54, 1.807) is 0 Å². The van der Waals surface area contributed by atoms with E-state index >= 15 is 0 Å². The van der Waals surface area contributed by atoms with Gasteiger partial charge in [-0.2, -0.15) is 0 Å². The van der Waals surface area contributed by atoms with Crippen molar-refractivity contribution in [3.8, 4) is 0 Å². The first kappa shape index (κ1) is 13.1. The van der Waals surface area contributed by atoms with Crippen molar-refractivity contribution >= 4 is 23.2 Å². The van der Waals surface area contributed by atoms with Gasteiger partial charge >= 0.3 is 0 Å². The van der Waals surface area contributed by atoms with Gasteiger partial charge < -0.3 is 16.0 Å². The van der Waals surface area contributed by atoms with Gasteiger partial charge in [-0.15, -0.1) is 0 Å². The lowest BCUT2D eigenvalue weighted by Gasteiger charge is -2.11. The Morgan fingerprint density at radius 2 is 1.55 bits per heavy atom. The number of hydrogen-bond donors (Lipinski definition) is 3. The van der Waals surface area contributed by atoms with E-state index in [0.29, 0.717) is 0 Å². The third kappa shape index (κ3) is 3.17. The lowest BCUT2D eigenvalue weighted by molar-refractivity contribution is -0.118. The van der Waals surface area contributed by atoms with Gasteiger partial charge in [-0.1, -0.05) is 0 Å². The summed E-state index contributed by atoms with van der Waals surface area (Å²) in [6, 6.07) is 7.19. The Morgan fingerprint density at radius 1 is 0.950 bits per heavy atom. The first-order valence-electron chi connectivity index (χ1n) is 7.17. The number of benzene rings is 1. The molecule has 2 fully saturated rings. The van der Waals surface area contributed by atoms with Crippen LogP contribution in [-0.4, -0.2) is 24.4 Å². The summed E-state index contributed by atoms with van der Waals surface area (Å²) in [4.78, 5) is 23.6. The minimum Gasteiger partial charge on any atom is -0.326 e. The summed E-state index contributed by atoms with van der Waals surface area (Å²) in [7, 11) is 0. The first-order chi connectivity index (χ1) is 9.72. The van der Waals surface area contributed by atoms with Crippen LogP contribution < -0.4 is 16.0 Å². The molecule has 3 rings (SSSR count). The molecular formula is C15H19N3O2. The van der Waals surface area contributed by atoms with Crippen LogP contribution >= 0.6 is 0 Å². The predicted octanol–water partition coefficient (Wildman–Crippen LogP) is 1.73. The molecule has 1 saturated carbocycles. The summed E-state index contributed by atoms with van der Waals surface area (Å²) < 4.78 is 0. The normalized spacial score (nSPS) is 21.5. The summed E-state index contributed by atoms with van der Waals surface area (Å²) in [6.07, 6.45) is 3.92. The number of rotatable bonds is 4. The molecule has 5 heteroatoms. The largest absolute Gasteiger partial charge is 0.326 e. The molecule has 20 heavy (non-hydrogen) atoms. The molecule has 1 aromatic carbocycles. The smallest absolute Gasteiger partial charge is 0.241 e. The zero-order valence-electron chi connectivity index (χ0n) is 11.3. The fraction of sp³-hybridized carbons (Fsp3) is 0.467. The van der Waals surface area contributed by atoms with Crippen molar-refractivity contribution in [3.05, 3.63) is 24.3 Å².